The maximum atomic E-state index is 12.4. The lowest BCUT2D eigenvalue weighted by molar-refractivity contribution is -0.135. The topological polar surface area (TPSA) is 57.6 Å². The van der Waals surface area contributed by atoms with Crippen molar-refractivity contribution in [2.24, 2.45) is 11.8 Å². The number of rotatable bonds is 5. The van der Waals surface area contributed by atoms with Crippen molar-refractivity contribution in [2.75, 3.05) is 7.05 Å². The summed E-state index contributed by atoms with van der Waals surface area (Å²) in [6.07, 6.45) is 5.99. The van der Waals surface area contributed by atoms with Gasteiger partial charge in [0.05, 0.1) is 6.54 Å². The summed E-state index contributed by atoms with van der Waals surface area (Å²) in [6, 6.07) is 1.94. The number of amides is 1. The van der Waals surface area contributed by atoms with E-state index in [0.29, 0.717) is 12.5 Å². The number of thiophene rings is 1. The Labute approximate surface area is 129 Å². The molecule has 0 spiro atoms. The molecule has 114 valence electrons. The first-order valence-corrected chi connectivity index (χ1v) is 8.08. The molecule has 0 aromatic carbocycles. The highest BCUT2D eigenvalue weighted by Gasteiger charge is 2.31. The van der Waals surface area contributed by atoms with Crippen molar-refractivity contribution in [1.29, 1.82) is 0 Å². The van der Waals surface area contributed by atoms with Crippen LogP contribution in [-0.4, -0.2) is 28.9 Å². The molecule has 0 bridgehead atoms. The lowest BCUT2D eigenvalue weighted by atomic mass is 9.97. The second-order valence-electron chi connectivity index (χ2n) is 5.73. The van der Waals surface area contributed by atoms with E-state index in [4.69, 9.17) is 5.11 Å². The van der Waals surface area contributed by atoms with Crippen LogP contribution in [0.15, 0.2) is 17.5 Å². The van der Waals surface area contributed by atoms with E-state index in [0.717, 1.165) is 35.8 Å². The molecule has 21 heavy (non-hydrogen) atoms. The SMILES string of the molecule is CC1CCCC1C(=O)N(C)Cc1cc(/C=C/C(=O)O)cs1. The minimum Gasteiger partial charge on any atom is -0.478 e. The highest BCUT2D eigenvalue weighted by atomic mass is 32.1. The van der Waals surface area contributed by atoms with Crippen LogP contribution in [0.25, 0.3) is 6.08 Å². The summed E-state index contributed by atoms with van der Waals surface area (Å²) in [5.41, 5.74) is 0.868. The number of hydrogen-bond acceptors (Lipinski definition) is 3. The molecule has 1 N–H and O–H groups in total. The van der Waals surface area contributed by atoms with Crippen LogP contribution in [0.1, 0.15) is 36.6 Å². The molecule has 1 aliphatic rings. The van der Waals surface area contributed by atoms with Crippen molar-refractivity contribution < 1.29 is 14.7 Å². The number of nitrogens with zero attached hydrogens (tertiary/aromatic N) is 1. The van der Waals surface area contributed by atoms with Crippen LogP contribution in [0.5, 0.6) is 0 Å². The van der Waals surface area contributed by atoms with Crippen molar-refractivity contribution in [1.82, 2.24) is 4.90 Å². The van der Waals surface area contributed by atoms with Crippen LogP contribution in [0.3, 0.4) is 0 Å². The molecule has 0 aliphatic heterocycles. The molecular formula is C16H21NO3S. The van der Waals surface area contributed by atoms with Gasteiger partial charge >= 0.3 is 5.97 Å². The first kappa shape index (κ1) is 15.8. The van der Waals surface area contributed by atoms with Crippen molar-refractivity contribution in [3.05, 3.63) is 28.0 Å². The summed E-state index contributed by atoms with van der Waals surface area (Å²) in [5.74, 6) is -0.0695. The van der Waals surface area contributed by atoms with Gasteiger partial charge in [0.15, 0.2) is 0 Å². The van der Waals surface area contributed by atoms with E-state index < -0.39 is 5.97 Å². The average molecular weight is 307 g/mol. The lowest BCUT2D eigenvalue weighted by Crippen LogP contribution is -2.33. The third-order valence-corrected chi connectivity index (χ3v) is 4.98. The Morgan fingerprint density at radius 3 is 2.86 bits per heavy atom. The van der Waals surface area contributed by atoms with Crippen LogP contribution < -0.4 is 0 Å². The molecule has 0 saturated heterocycles. The standard InChI is InChI=1S/C16H21NO3S/c1-11-4-3-5-14(11)16(20)17(2)9-13-8-12(10-21-13)6-7-15(18)19/h6-8,10-11,14H,3-5,9H2,1-2H3,(H,18,19)/b7-6+. The minimum absolute atomic E-state index is 0.168. The zero-order valence-electron chi connectivity index (χ0n) is 12.4. The van der Waals surface area contributed by atoms with E-state index in [1.54, 1.807) is 22.3 Å². The molecule has 0 radical (unpaired) electrons. The van der Waals surface area contributed by atoms with E-state index >= 15 is 0 Å². The maximum absolute atomic E-state index is 12.4. The van der Waals surface area contributed by atoms with Gasteiger partial charge in [0.2, 0.25) is 5.91 Å². The molecule has 1 aliphatic carbocycles. The van der Waals surface area contributed by atoms with Gasteiger partial charge < -0.3 is 10.0 Å². The molecule has 1 aromatic rings. The summed E-state index contributed by atoms with van der Waals surface area (Å²) in [5, 5.41) is 10.5. The van der Waals surface area contributed by atoms with Crippen LogP contribution in [0.4, 0.5) is 0 Å². The molecule has 4 nitrogen and oxygen atoms in total. The number of carboxylic acid groups (broad SMARTS) is 1. The fraction of sp³-hybridized carbons (Fsp3) is 0.500. The Morgan fingerprint density at radius 1 is 1.48 bits per heavy atom. The smallest absolute Gasteiger partial charge is 0.328 e. The first-order chi connectivity index (χ1) is 9.97. The second kappa shape index (κ2) is 6.89. The van der Waals surface area contributed by atoms with Gasteiger partial charge in [0, 0.05) is 23.9 Å². The lowest BCUT2D eigenvalue weighted by Gasteiger charge is -2.23. The Kier molecular flexibility index (Phi) is 5.17. The summed E-state index contributed by atoms with van der Waals surface area (Å²) in [6.45, 7) is 2.75. The van der Waals surface area contributed by atoms with E-state index in [1.807, 2.05) is 18.5 Å². The number of carboxylic acids is 1. The van der Waals surface area contributed by atoms with E-state index in [9.17, 15) is 9.59 Å². The third kappa shape index (κ3) is 4.17. The fourth-order valence-electron chi connectivity index (χ4n) is 2.84. The van der Waals surface area contributed by atoms with Gasteiger partial charge in [-0.3, -0.25) is 4.79 Å². The molecule has 1 amide bonds. The van der Waals surface area contributed by atoms with Crippen molar-refractivity contribution in [2.45, 2.75) is 32.7 Å². The summed E-state index contributed by atoms with van der Waals surface area (Å²) in [7, 11) is 1.85. The highest BCUT2D eigenvalue weighted by molar-refractivity contribution is 7.10. The van der Waals surface area contributed by atoms with Gasteiger partial charge in [0.25, 0.3) is 0 Å². The number of carbonyl (C=O) groups excluding carboxylic acids is 1. The monoisotopic (exact) mass is 307 g/mol. The summed E-state index contributed by atoms with van der Waals surface area (Å²) >= 11 is 1.55. The second-order valence-corrected chi connectivity index (χ2v) is 6.72. The van der Waals surface area contributed by atoms with Crippen LogP contribution in [0.2, 0.25) is 0 Å². The molecule has 1 heterocycles. The normalized spacial score (nSPS) is 21.8. The molecule has 1 aromatic heterocycles. The number of carbonyl (C=O) groups is 2. The highest BCUT2D eigenvalue weighted by Crippen LogP contribution is 2.32. The largest absolute Gasteiger partial charge is 0.478 e. The van der Waals surface area contributed by atoms with E-state index in [-0.39, 0.29) is 11.8 Å². The van der Waals surface area contributed by atoms with Gasteiger partial charge in [-0.25, -0.2) is 4.79 Å². The quantitative estimate of drug-likeness (QED) is 0.850. The molecular weight excluding hydrogens is 286 g/mol. The van der Waals surface area contributed by atoms with E-state index in [1.165, 1.54) is 0 Å². The van der Waals surface area contributed by atoms with Crippen molar-refractivity contribution >= 4 is 29.3 Å². The van der Waals surface area contributed by atoms with E-state index in [2.05, 4.69) is 6.92 Å². The maximum Gasteiger partial charge on any atom is 0.328 e. The Balaban J connectivity index is 1.94. The Hall–Kier alpha value is -1.62. The van der Waals surface area contributed by atoms with Crippen LogP contribution in [-0.2, 0) is 16.1 Å². The summed E-state index contributed by atoms with van der Waals surface area (Å²) < 4.78 is 0. The predicted octanol–water partition coefficient (Wildman–Crippen LogP) is 3.24. The molecule has 2 unspecified atom stereocenters. The third-order valence-electron chi connectivity index (χ3n) is 4.04. The van der Waals surface area contributed by atoms with Gasteiger partial charge in [-0.1, -0.05) is 13.3 Å². The molecule has 5 heteroatoms. The predicted molar refractivity (Wildman–Crippen MR) is 84.0 cm³/mol. The molecule has 2 rings (SSSR count). The number of aliphatic carboxylic acids is 1. The van der Waals surface area contributed by atoms with Crippen molar-refractivity contribution in [3.8, 4) is 0 Å². The average Bonchev–Trinajstić information content (AvgIpc) is 3.04. The zero-order chi connectivity index (χ0) is 15.4. The van der Waals surface area contributed by atoms with Gasteiger partial charge in [0.1, 0.15) is 0 Å². The molecule has 1 fully saturated rings. The fourth-order valence-corrected chi connectivity index (χ4v) is 3.75. The van der Waals surface area contributed by atoms with Crippen LogP contribution in [0, 0.1) is 11.8 Å². The Morgan fingerprint density at radius 2 is 2.24 bits per heavy atom. The first-order valence-electron chi connectivity index (χ1n) is 7.20. The molecule has 2 atom stereocenters. The minimum atomic E-state index is -0.953. The zero-order valence-corrected chi connectivity index (χ0v) is 13.2. The number of hydrogen-bond donors (Lipinski definition) is 1. The van der Waals surface area contributed by atoms with Gasteiger partial charge in [-0.15, -0.1) is 11.3 Å². The summed E-state index contributed by atoms with van der Waals surface area (Å²) in [4.78, 5) is 25.8. The van der Waals surface area contributed by atoms with Crippen LogP contribution >= 0.6 is 11.3 Å². The molecule has 1 saturated carbocycles. The van der Waals surface area contributed by atoms with Gasteiger partial charge in [-0.05, 0) is 41.8 Å². The van der Waals surface area contributed by atoms with Crippen molar-refractivity contribution in [3.63, 3.8) is 0 Å². The Bertz CT molecular complexity index is 549. The van der Waals surface area contributed by atoms with Gasteiger partial charge in [-0.2, -0.15) is 0 Å².